The van der Waals surface area contributed by atoms with Gasteiger partial charge in [0.05, 0.1) is 22.7 Å². The summed E-state index contributed by atoms with van der Waals surface area (Å²) >= 11 is 0. The zero-order valence-corrected chi connectivity index (χ0v) is 29.0. The van der Waals surface area contributed by atoms with Crippen LogP contribution in [0.4, 0.5) is 34.1 Å². The number of hydrogen-bond donors (Lipinski definition) is 0. The average Bonchev–Trinajstić information content (AvgIpc) is 3.14. The van der Waals surface area contributed by atoms with Gasteiger partial charge in [-0.05, 0) is 74.7 Å². The van der Waals surface area contributed by atoms with E-state index in [9.17, 15) is 0 Å². The molecular formula is C48H38N2. The van der Waals surface area contributed by atoms with E-state index in [2.05, 4.69) is 183 Å². The molecule has 2 heteroatoms. The lowest BCUT2D eigenvalue weighted by Crippen LogP contribution is -2.40. The third-order valence-electron chi connectivity index (χ3n) is 11.7. The minimum absolute atomic E-state index is 0.129. The number of para-hydroxylation sites is 2. The average molecular weight is 643 g/mol. The molecule has 3 heterocycles. The van der Waals surface area contributed by atoms with Crippen molar-refractivity contribution in [2.24, 2.45) is 0 Å². The summed E-state index contributed by atoms with van der Waals surface area (Å²) in [6, 6.07) is 53.6. The summed E-state index contributed by atoms with van der Waals surface area (Å²) in [6.45, 7) is 14.4. The van der Waals surface area contributed by atoms with Gasteiger partial charge in [-0.1, -0.05) is 150 Å². The maximum atomic E-state index is 4.84. The van der Waals surface area contributed by atoms with Crippen LogP contribution >= 0.6 is 0 Å². The summed E-state index contributed by atoms with van der Waals surface area (Å²) in [4.78, 5) is 5.04. The van der Waals surface area contributed by atoms with Crippen LogP contribution in [0.3, 0.4) is 0 Å². The van der Waals surface area contributed by atoms with Crippen molar-refractivity contribution in [3.63, 3.8) is 0 Å². The Labute approximate surface area is 294 Å². The number of benzene rings is 7. The highest BCUT2D eigenvalue weighted by Crippen LogP contribution is 2.65. The molecule has 0 N–H and O–H groups in total. The zero-order chi connectivity index (χ0) is 33.9. The molecule has 0 bridgehead atoms. The Morgan fingerprint density at radius 2 is 1.06 bits per heavy atom. The molecule has 0 aliphatic carbocycles. The minimum Gasteiger partial charge on any atom is -0.310 e. The van der Waals surface area contributed by atoms with Crippen LogP contribution in [0.2, 0.25) is 0 Å². The maximum Gasteiger partial charge on any atom is 0.0583 e. The molecule has 0 radical (unpaired) electrons. The Morgan fingerprint density at radius 3 is 1.82 bits per heavy atom. The van der Waals surface area contributed by atoms with E-state index in [1.165, 1.54) is 72.3 Å². The van der Waals surface area contributed by atoms with E-state index in [4.69, 9.17) is 6.58 Å². The number of rotatable bonds is 4. The lowest BCUT2D eigenvalue weighted by atomic mass is 9.64. The van der Waals surface area contributed by atoms with E-state index in [1.807, 2.05) is 0 Å². The summed E-state index contributed by atoms with van der Waals surface area (Å²) < 4.78 is 0. The van der Waals surface area contributed by atoms with Gasteiger partial charge in [0.15, 0.2) is 0 Å². The first-order chi connectivity index (χ1) is 24.2. The molecule has 0 spiro atoms. The molecule has 7 aromatic rings. The van der Waals surface area contributed by atoms with Crippen molar-refractivity contribution < 1.29 is 0 Å². The van der Waals surface area contributed by atoms with Crippen LogP contribution in [0.25, 0.3) is 27.5 Å². The highest BCUT2D eigenvalue weighted by atomic mass is 15.2. The van der Waals surface area contributed by atoms with Crippen molar-refractivity contribution in [1.82, 2.24) is 0 Å². The summed E-state index contributed by atoms with van der Waals surface area (Å²) in [5, 5.41) is 2.44. The number of hydrogen-bond acceptors (Lipinski definition) is 2. The number of fused-ring (bicyclic) bond motifs is 1. The number of nitrogens with zero attached hydrogens (tertiary/aromatic N) is 2. The lowest BCUT2D eigenvalue weighted by Gasteiger charge is -2.52. The van der Waals surface area contributed by atoms with Crippen LogP contribution in [-0.4, -0.2) is 0 Å². The van der Waals surface area contributed by atoms with Crippen LogP contribution in [-0.2, 0) is 10.8 Å². The van der Waals surface area contributed by atoms with Gasteiger partial charge in [0.2, 0.25) is 0 Å². The van der Waals surface area contributed by atoms with Crippen molar-refractivity contribution in [1.29, 1.82) is 0 Å². The Kier molecular flexibility index (Phi) is 5.87. The van der Waals surface area contributed by atoms with Gasteiger partial charge in [0.25, 0.3) is 0 Å². The Hall–Kier alpha value is -5.86. The third-order valence-corrected chi connectivity index (χ3v) is 11.7. The highest BCUT2D eigenvalue weighted by Gasteiger charge is 2.49. The first kappa shape index (κ1) is 29.1. The molecule has 0 unspecified atom stereocenters. The standard InChI is InChI=1S/C48H38N2/c1-30-36-19-12-20-39-44(36)50-45-38(30)28-35(29-42(45)48(4,5)41-22-13-21-40(46(41)50)47(39,2)3)49(43-23-11-17-33-16-9-10-18-37(33)43)34-26-24-32(25-27-34)31-14-7-6-8-15-31/h6-29H,1H2,2-5H3. The first-order valence-corrected chi connectivity index (χ1v) is 17.6. The molecule has 0 fully saturated rings. The van der Waals surface area contributed by atoms with Gasteiger partial charge in [0.1, 0.15) is 0 Å². The van der Waals surface area contributed by atoms with Gasteiger partial charge in [-0.15, -0.1) is 0 Å². The van der Waals surface area contributed by atoms with Crippen molar-refractivity contribution in [3.8, 4) is 11.1 Å². The summed E-state index contributed by atoms with van der Waals surface area (Å²) in [7, 11) is 0. The maximum absolute atomic E-state index is 4.84. The summed E-state index contributed by atoms with van der Waals surface area (Å²) in [5.74, 6) is 0. The molecule has 0 saturated heterocycles. The second-order valence-electron chi connectivity index (χ2n) is 15.1. The van der Waals surface area contributed by atoms with E-state index in [0.717, 1.165) is 22.6 Å². The largest absolute Gasteiger partial charge is 0.310 e. The Balaban J connectivity index is 1.26. The van der Waals surface area contributed by atoms with Crippen LogP contribution in [0.5, 0.6) is 0 Å². The number of anilines is 6. The normalized spacial score (nSPS) is 15.5. The molecule has 0 amide bonds. The molecule has 3 aliphatic heterocycles. The quantitative estimate of drug-likeness (QED) is 0.188. The molecule has 0 saturated carbocycles. The Morgan fingerprint density at radius 1 is 0.480 bits per heavy atom. The molecule has 0 atom stereocenters. The van der Waals surface area contributed by atoms with Gasteiger partial charge in [-0.2, -0.15) is 0 Å². The van der Waals surface area contributed by atoms with Crippen LogP contribution in [0.15, 0.2) is 152 Å². The van der Waals surface area contributed by atoms with E-state index >= 15 is 0 Å². The Bertz CT molecular complexity index is 2550. The third kappa shape index (κ3) is 3.79. The predicted molar refractivity (Wildman–Crippen MR) is 211 cm³/mol. The second-order valence-corrected chi connectivity index (χ2v) is 15.1. The minimum atomic E-state index is -0.246. The molecule has 240 valence electrons. The van der Waals surface area contributed by atoms with Gasteiger partial charge in [0, 0.05) is 38.7 Å². The fraction of sp³-hybridized carbons (Fsp3) is 0.125. The molecule has 50 heavy (non-hydrogen) atoms. The van der Waals surface area contributed by atoms with Gasteiger partial charge in [-0.25, -0.2) is 0 Å². The predicted octanol–water partition coefficient (Wildman–Crippen LogP) is 13.1. The molecule has 10 rings (SSSR count). The first-order valence-electron chi connectivity index (χ1n) is 17.6. The SMILES string of the molecule is C=C1c2cccc3c2N2c4c1cc(N(c1ccc(-c5ccccc5)cc1)c1cccc5ccccc15)cc4C(C)(C)c1cccc(c12)C3(C)C. The van der Waals surface area contributed by atoms with E-state index in [-0.39, 0.29) is 10.8 Å². The van der Waals surface area contributed by atoms with Crippen molar-refractivity contribution in [2.45, 2.75) is 38.5 Å². The smallest absolute Gasteiger partial charge is 0.0583 e. The van der Waals surface area contributed by atoms with Gasteiger partial charge in [-0.3, -0.25) is 0 Å². The fourth-order valence-corrected chi connectivity index (χ4v) is 9.06. The van der Waals surface area contributed by atoms with E-state index < -0.39 is 0 Å². The lowest BCUT2D eigenvalue weighted by molar-refractivity contribution is 0.596. The fourth-order valence-electron chi connectivity index (χ4n) is 9.06. The highest BCUT2D eigenvalue weighted by molar-refractivity contribution is 6.08. The van der Waals surface area contributed by atoms with E-state index in [1.54, 1.807) is 0 Å². The summed E-state index contributed by atoms with van der Waals surface area (Å²) in [6.07, 6.45) is 0. The van der Waals surface area contributed by atoms with E-state index in [0.29, 0.717) is 0 Å². The van der Waals surface area contributed by atoms with Crippen LogP contribution in [0, 0.1) is 0 Å². The van der Waals surface area contributed by atoms with Crippen molar-refractivity contribution in [2.75, 3.05) is 9.80 Å². The molecular weight excluding hydrogens is 605 g/mol. The zero-order valence-electron chi connectivity index (χ0n) is 29.0. The van der Waals surface area contributed by atoms with Crippen LogP contribution < -0.4 is 9.80 Å². The summed E-state index contributed by atoms with van der Waals surface area (Å²) in [5.41, 5.74) is 18.3. The second kappa shape index (κ2) is 10.1. The molecule has 3 aliphatic rings. The topological polar surface area (TPSA) is 6.48 Å². The monoisotopic (exact) mass is 642 g/mol. The molecule has 2 nitrogen and oxygen atoms in total. The van der Waals surface area contributed by atoms with Crippen molar-refractivity contribution >= 4 is 50.5 Å². The van der Waals surface area contributed by atoms with Gasteiger partial charge >= 0.3 is 0 Å². The molecule has 7 aromatic carbocycles. The van der Waals surface area contributed by atoms with Gasteiger partial charge < -0.3 is 9.80 Å². The van der Waals surface area contributed by atoms with Crippen molar-refractivity contribution in [3.05, 3.63) is 186 Å². The molecule has 0 aromatic heterocycles. The van der Waals surface area contributed by atoms with Crippen LogP contribution in [0.1, 0.15) is 61.1 Å².